The second-order valence-electron chi connectivity index (χ2n) is 3.77. The van der Waals surface area contributed by atoms with E-state index in [-0.39, 0.29) is 22.8 Å². The summed E-state index contributed by atoms with van der Waals surface area (Å²) in [7, 11) is 0. The number of rotatable bonds is 5. The first-order valence-electron chi connectivity index (χ1n) is 5.55. The molecule has 0 aliphatic rings. The molecule has 1 aromatic heterocycles. The largest absolute Gasteiger partial charge is 0.352 e. The Balaban J connectivity index is 2.01. The zero-order chi connectivity index (χ0) is 14.5. The summed E-state index contributed by atoms with van der Waals surface area (Å²) in [5.41, 5.74) is -0.147. The SMILES string of the molecule is O=C(NCCc1ncon1)c1cc([N+](=O)[O-])ccc1Cl. The van der Waals surface area contributed by atoms with E-state index in [0.717, 1.165) is 6.07 Å². The van der Waals surface area contributed by atoms with Crippen LogP contribution in [0.4, 0.5) is 5.69 Å². The van der Waals surface area contributed by atoms with Gasteiger partial charge in [0.05, 0.1) is 15.5 Å². The van der Waals surface area contributed by atoms with E-state index < -0.39 is 10.8 Å². The number of carbonyl (C=O) groups excluding carboxylic acids is 1. The van der Waals surface area contributed by atoms with Gasteiger partial charge in [-0.1, -0.05) is 16.8 Å². The molecule has 9 heteroatoms. The monoisotopic (exact) mass is 296 g/mol. The van der Waals surface area contributed by atoms with Gasteiger partial charge in [0.1, 0.15) is 0 Å². The molecule has 1 amide bonds. The van der Waals surface area contributed by atoms with Crippen molar-refractivity contribution in [2.24, 2.45) is 0 Å². The Morgan fingerprint density at radius 2 is 2.30 bits per heavy atom. The maximum atomic E-state index is 11.9. The van der Waals surface area contributed by atoms with Crippen LogP contribution in [0.25, 0.3) is 0 Å². The molecule has 0 fully saturated rings. The molecule has 1 heterocycles. The highest BCUT2D eigenvalue weighted by atomic mass is 35.5. The summed E-state index contributed by atoms with van der Waals surface area (Å²) in [4.78, 5) is 25.8. The van der Waals surface area contributed by atoms with Crippen molar-refractivity contribution in [1.29, 1.82) is 0 Å². The first-order chi connectivity index (χ1) is 9.58. The summed E-state index contributed by atoms with van der Waals surface area (Å²) in [6, 6.07) is 3.68. The number of nitrogens with one attached hydrogen (secondary N) is 1. The highest BCUT2D eigenvalue weighted by molar-refractivity contribution is 6.33. The van der Waals surface area contributed by atoms with E-state index in [4.69, 9.17) is 11.6 Å². The van der Waals surface area contributed by atoms with Crippen LogP contribution in [0.15, 0.2) is 29.1 Å². The van der Waals surface area contributed by atoms with E-state index in [0.29, 0.717) is 12.2 Å². The van der Waals surface area contributed by atoms with Crippen LogP contribution in [0.1, 0.15) is 16.2 Å². The Bertz CT molecular complexity index is 629. The molecular formula is C11H9ClN4O4. The summed E-state index contributed by atoms with van der Waals surface area (Å²) < 4.78 is 4.55. The van der Waals surface area contributed by atoms with Crippen LogP contribution < -0.4 is 5.32 Å². The Kier molecular flexibility index (Phi) is 4.26. The number of nitro groups is 1. The Morgan fingerprint density at radius 1 is 1.50 bits per heavy atom. The van der Waals surface area contributed by atoms with E-state index in [9.17, 15) is 14.9 Å². The highest BCUT2D eigenvalue weighted by Crippen LogP contribution is 2.21. The van der Waals surface area contributed by atoms with Crippen molar-refractivity contribution in [3.05, 3.63) is 51.1 Å². The third kappa shape index (κ3) is 3.29. The van der Waals surface area contributed by atoms with E-state index in [2.05, 4.69) is 20.0 Å². The second-order valence-corrected chi connectivity index (χ2v) is 4.18. The van der Waals surface area contributed by atoms with E-state index in [1.54, 1.807) is 0 Å². The smallest absolute Gasteiger partial charge is 0.270 e. The lowest BCUT2D eigenvalue weighted by Crippen LogP contribution is -2.26. The molecule has 0 atom stereocenters. The van der Waals surface area contributed by atoms with Crippen LogP contribution >= 0.6 is 11.6 Å². The van der Waals surface area contributed by atoms with Gasteiger partial charge < -0.3 is 9.84 Å². The minimum absolute atomic E-state index is 0.0500. The zero-order valence-electron chi connectivity index (χ0n) is 10.1. The summed E-state index contributed by atoms with van der Waals surface area (Å²) in [5, 5.41) is 17.0. The number of nitrogens with zero attached hydrogens (tertiary/aromatic N) is 3. The number of hydrogen-bond donors (Lipinski definition) is 1. The molecule has 8 nitrogen and oxygen atoms in total. The van der Waals surface area contributed by atoms with Crippen molar-refractivity contribution < 1.29 is 14.2 Å². The molecule has 2 rings (SSSR count). The van der Waals surface area contributed by atoms with Crippen LogP contribution in [0.2, 0.25) is 5.02 Å². The van der Waals surface area contributed by atoms with Gasteiger partial charge in [-0.05, 0) is 6.07 Å². The molecule has 0 unspecified atom stereocenters. The normalized spacial score (nSPS) is 10.2. The van der Waals surface area contributed by atoms with Gasteiger partial charge in [0, 0.05) is 25.1 Å². The molecule has 0 aliphatic carbocycles. The van der Waals surface area contributed by atoms with Gasteiger partial charge in [0.15, 0.2) is 5.82 Å². The molecule has 0 saturated heterocycles. The van der Waals surface area contributed by atoms with E-state index in [1.165, 1.54) is 18.5 Å². The van der Waals surface area contributed by atoms with Gasteiger partial charge in [-0.15, -0.1) is 0 Å². The maximum absolute atomic E-state index is 11.9. The average Bonchev–Trinajstić information content (AvgIpc) is 2.92. The van der Waals surface area contributed by atoms with Crippen LogP contribution in [0, 0.1) is 10.1 Å². The number of benzene rings is 1. The van der Waals surface area contributed by atoms with Crippen molar-refractivity contribution in [3.63, 3.8) is 0 Å². The Labute approximate surface area is 117 Å². The van der Waals surface area contributed by atoms with Crippen LogP contribution in [-0.2, 0) is 6.42 Å². The molecule has 2 aromatic rings. The van der Waals surface area contributed by atoms with Crippen molar-refractivity contribution >= 4 is 23.2 Å². The topological polar surface area (TPSA) is 111 Å². The lowest BCUT2D eigenvalue weighted by Gasteiger charge is -2.05. The van der Waals surface area contributed by atoms with Crippen LogP contribution in [0.5, 0.6) is 0 Å². The van der Waals surface area contributed by atoms with E-state index >= 15 is 0 Å². The van der Waals surface area contributed by atoms with Crippen molar-refractivity contribution in [1.82, 2.24) is 15.5 Å². The third-order valence-corrected chi connectivity index (χ3v) is 2.78. The van der Waals surface area contributed by atoms with Crippen molar-refractivity contribution in [2.45, 2.75) is 6.42 Å². The quantitative estimate of drug-likeness (QED) is 0.662. The lowest BCUT2D eigenvalue weighted by molar-refractivity contribution is -0.384. The fourth-order valence-electron chi connectivity index (χ4n) is 1.49. The Hall–Kier alpha value is -2.48. The second kappa shape index (κ2) is 6.11. The molecule has 0 spiro atoms. The summed E-state index contributed by atoms with van der Waals surface area (Å²) in [6.45, 7) is 0.261. The first kappa shape index (κ1) is 13.9. The highest BCUT2D eigenvalue weighted by Gasteiger charge is 2.15. The van der Waals surface area contributed by atoms with Gasteiger partial charge in [-0.25, -0.2) is 0 Å². The fraction of sp³-hybridized carbons (Fsp3) is 0.182. The molecule has 0 aliphatic heterocycles. The summed E-state index contributed by atoms with van der Waals surface area (Å²) >= 11 is 5.85. The lowest BCUT2D eigenvalue weighted by atomic mass is 10.2. The predicted molar refractivity (Wildman–Crippen MR) is 68.4 cm³/mol. The van der Waals surface area contributed by atoms with E-state index in [1.807, 2.05) is 0 Å². The van der Waals surface area contributed by atoms with Gasteiger partial charge in [-0.3, -0.25) is 14.9 Å². The number of halogens is 1. The molecule has 104 valence electrons. The van der Waals surface area contributed by atoms with Crippen LogP contribution in [0.3, 0.4) is 0 Å². The molecular weight excluding hydrogens is 288 g/mol. The fourth-order valence-corrected chi connectivity index (χ4v) is 1.69. The molecule has 0 radical (unpaired) electrons. The summed E-state index contributed by atoms with van der Waals surface area (Å²) in [5.74, 6) is -0.0439. The number of hydrogen-bond acceptors (Lipinski definition) is 6. The Morgan fingerprint density at radius 3 is 2.95 bits per heavy atom. The van der Waals surface area contributed by atoms with Gasteiger partial charge in [0.25, 0.3) is 11.6 Å². The summed E-state index contributed by atoms with van der Waals surface area (Å²) in [6.07, 6.45) is 1.57. The molecule has 0 bridgehead atoms. The number of nitro benzene ring substituents is 1. The maximum Gasteiger partial charge on any atom is 0.270 e. The molecule has 1 aromatic carbocycles. The molecule has 0 saturated carbocycles. The number of carbonyl (C=O) groups is 1. The third-order valence-electron chi connectivity index (χ3n) is 2.45. The first-order valence-corrected chi connectivity index (χ1v) is 5.93. The van der Waals surface area contributed by atoms with Crippen molar-refractivity contribution in [3.8, 4) is 0 Å². The predicted octanol–water partition coefficient (Wildman–Crippen LogP) is 1.60. The average molecular weight is 297 g/mol. The molecule has 1 N–H and O–H groups in total. The molecule has 20 heavy (non-hydrogen) atoms. The minimum Gasteiger partial charge on any atom is -0.352 e. The minimum atomic E-state index is -0.591. The number of non-ortho nitro benzene ring substituents is 1. The van der Waals surface area contributed by atoms with Gasteiger partial charge >= 0.3 is 0 Å². The van der Waals surface area contributed by atoms with Crippen LogP contribution in [-0.4, -0.2) is 27.5 Å². The number of aromatic nitrogens is 2. The van der Waals surface area contributed by atoms with Gasteiger partial charge in [-0.2, -0.15) is 4.98 Å². The van der Waals surface area contributed by atoms with Gasteiger partial charge in [0.2, 0.25) is 6.39 Å². The zero-order valence-corrected chi connectivity index (χ0v) is 10.8. The standard InChI is InChI=1S/C11H9ClN4O4/c12-9-2-1-7(16(18)19)5-8(9)11(17)13-4-3-10-14-6-20-15-10/h1-2,5-6H,3-4H2,(H,13,17). The van der Waals surface area contributed by atoms with Crippen molar-refractivity contribution in [2.75, 3.05) is 6.54 Å². The number of amides is 1.